The number of carbonyl (C=O) groups is 2. The summed E-state index contributed by atoms with van der Waals surface area (Å²) in [6.45, 7) is 4.02. The number of rotatable bonds is 5. The average Bonchev–Trinajstić information content (AvgIpc) is 2.61. The van der Waals surface area contributed by atoms with Crippen LogP contribution in [-0.2, 0) is 9.53 Å². The van der Waals surface area contributed by atoms with Crippen LogP contribution in [0.5, 0.6) is 0 Å². The van der Waals surface area contributed by atoms with Gasteiger partial charge in [-0.25, -0.2) is 0 Å². The van der Waals surface area contributed by atoms with Crippen LogP contribution < -0.4 is 0 Å². The fraction of sp³-hybridized carbons (Fsp3) is 0.455. The molecule has 0 amide bonds. The summed E-state index contributed by atoms with van der Waals surface area (Å²) in [5.74, 6) is -0.291. The van der Waals surface area contributed by atoms with Gasteiger partial charge in [0.15, 0.2) is 5.78 Å². The van der Waals surface area contributed by atoms with Gasteiger partial charge >= 0.3 is 5.97 Å². The number of esters is 1. The molecule has 0 aliphatic carbocycles. The van der Waals surface area contributed by atoms with Crippen molar-refractivity contribution in [1.82, 2.24) is 0 Å². The predicted octanol–water partition coefficient (Wildman–Crippen LogP) is 2.58. The molecule has 0 aromatic carbocycles. The zero-order chi connectivity index (χ0) is 11.3. The fourth-order valence-corrected chi connectivity index (χ4v) is 2.08. The van der Waals surface area contributed by atoms with Gasteiger partial charge in [-0.15, -0.1) is 0 Å². The number of thiophene rings is 1. The third-order valence-corrected chi connectivity index (χ3v) is 2.88. The van der Waals surface area contributed by atoms with Gasteiger partial charge in [0.2, 0.25) is 0 Å². The maximum Gasteiger partial charge on any atom is 0.306 e. The fourth-order valence-electron chi connectivity index (χ4n) is 1.23. The Balaban J connectivity index is 2.44. The number of hydrogen-bond donors (Lipinski definition) is 0. The number of ether oxygens (including phenoxy) is 1. The molecule has 0 bridgehead atoms. The molecule has 15 heavy (non-hydrogen) atoms. The Bertz CT molecular complexity index is 354. The van der Waals surface area contributed by atoms with Gasteiger partial charge in [0.05, 0.1) is 13.0 Å². The first-order chi connectivity index (χ1) is 7.15. The van der Waals surface area contributed by atoms with Crippen molar-refractivity contribution in [2.45, 2.75) is 26.7 Å². The minimum Gasteiger partial charge on any atom is -0.466 e. The summed E-state index contributed by atoms with van der Waals surface area (Å²) < 4.78 is 4.75. The van der Waals surface area contributed by atoms with Gasteiger partial charge in [-0.2, -0.15) is 11.3 Å². The number of carbonyl (C=O) groups excluding carboxylic acids is 2. The third-order valence-electron chi connectivity index (χ3n) is 2.02. The Hall–Kier alpha value is -1.16. The molecule has 0 saturated carbocycles. The molecule has 1 aromatic heterocycles. The van der Waals surface area contributed by atoms with Crippen LogP contribution in [0.1, 0.15) is 35.7 Å². The summed E-state index contributed by atoms with van der Waals surface area (Å²) in [4.78, 5) is 22.7. The van der Waals surface area contributed by atoms with Crippen LogP contribution in [0.3, 0.4) is 0 Å². The van der Waals surface area contributed by atoms with Crippen molar-refractivity contribution < 1.29 is 14.3 Å². The van der Waals surface area contributed by atoms with E-state index in [1.165, 1.54) is 11.3 Å². The highest BCUT2D eigenvalue weighted by Crippen LogP contribution is 2.16. The molecule has 0 atom stereocenters. The van der Waals surface area contributed by atoms with E-state index in [9.17, 15) is 9.59 Å². The smallest absolute Gasteiger partial charge is 0.306 e. The maximum atomic E-state index is 11.6. The van der Waals surface area contributed by atoms with E-state index < -0.39 is 0 Å². The third kappa shape index (κ3) is 3.47. The van der Waals surface area contributed by atoms with E-state index in [4.69, 9.17) is 4.74 Å². The van der Waals surface area contributed by atoms with Gasteiger partial charge in [-0.3, -0.25) is 9.59 Å². The van der Waals surface area contributed by atoms with Crippen LogP contribution in [0.15, 0.2) is 10.8 Å². The van der Waals surface area contributed by atoms with Crippen molar-refractivity contribution in [2.24, 2.45) is 0 Å². The van der Waals surface area contributed by atoms with E-state index in [2.05, 4.69) is 0 Å². The van der Waals surface area contributed by atoms with E-state index in [-0.39, 0.29) is 24.6 Å². The first-order valence-electron chi connectivity index (χ1n) is 4.86. The summed E-state index contributed by atoms with van der Waals surface area (Å²) in [7, 11) is 0. The molecule has 1 rings (SSSR count). The van der Waals surface area contributed by atoms with Crippen molar-refractivity contribution in [1.29, 1.82) is 0 Å². The molecule has 0 N–H and O–H groups in total. The van der Waals surface area contributed by atoms with Gasteiger partial charge in [-0.1, -0.05) is 0 Å². The Morgan fingerprint density at radius 1 is 1.33 bits per heavy atom. The SMILES string of the molecule is CCOC(=O)CCC(=O)c1cscc1C. The first kappa shape index (κ1) is 11.9. The van der Waals surface area contributed by atoms with Crippen molar-refractivity contribution in [3.05, 3.63) is 21.9 Å². The van der Waals surface area contributed by atoms with Crippen LogP contribution in [-0.4, -0.2) is 18.4 Å². The molecule has 0 radical (unpaired) electrons. The summed E-state index contributed by atoms with van der Waals surface area (Å²) in [5.41, 5.74) is 1.71. The van der Waals surface area contributed by atoms with Gasteiger partial charge in [0.25, 0.3) is 0 Å². The molecule has 0 fully saturated rings. The van der Waals surface area contributed by atoms with Crippen molar-refractivity contribution in [3.63, 3.8) is 0 Å². The summed E-state index contributed by atoms with van der Waals surface area (Å²) in [6, 6.07) is 0. The molecule has 0 aliphatic rings. The molecule has 1 heterocycles. The summed E-state index contributed by atoms with van der Waals surface area (Å²) in [5, 5.41) is 3.75. The van der Waals surface area contributed by atoms with Crippen molar-refractivity contribution in [3.8, 4) is 0 Å². The zero-order valence-electron chi connectivity index (χ0n) is 8.91. The van der Waals surface area contributed by atoms with Crippen LogP contribution in [0.2, 0.25) is 0 Å². The van der Waals surface area contributed by atoms with E-state index in [1.54, 1.807) is 6.92 Å². The quantitative estimate of drug-likeness (QED) is 0.572. The lowest BCUT2D eigenvalue weighted by Crippen LogP contribution is -2.08. The molecule has 82 valence electrons. The lowest BCUT2D eigenvalue weighted by Gasteiger charge is -2.01. The largest absolute Gasteiger partial charge is 0.466 e. The summed E-state index contributed by atoms with van der Waals surface area (Å²) in [6.07, 6.45) is 0.401. The predicted molar refractivity (Wildman–Crippen MR) is 59.3 cm³/mol. The van der Waals surface area contributed by atoms with E-state index in [1.807, 2.05) is 17.7 Å². The summed E-state index contributed by atoms with van der Waals surface area (Å²) >= 11 is 1.50. The van der Waals surface area contributed by atoms with Crippen LogP contribution in [0.4, 0.5) is 0 Å². The molecule has 0 saturated heterocycles. The van der Waals surface area contributed by atoms with Crippen molar-refractivity contribution >= 4 is 23.1 Å². The van der Waals surface area contributed by atoms with Gasteiger partial charge < -0.3 is 4.74 Å². The average molecular weight is 226 g/mol. The minimum absolute atomic E-state index is 0.0156. The van der Waals surface area contributed by atoms with Crippen LogP contribution in [0, 0.1) is 6.92 Å². The van der Waals surface area contributed by atoms with E-state index in [0.29, 0.717) is 6.61 Å². The Morgan fingerprint density at radius 2 is 2.07 bits per heavy atom. The number of hydrogen-bond acceptors (Lipinski definition) is 4. The minimum atomic E-state index is -0.307. The second-order valence-electron chi connectivity index (χ2n) is 3.20. The Kier molecular flexibility index (Phi) is 4.49. The lowest BCUT2D eigenvalue weighted by atomic mass is 10.1. The zero-order valence-corrected chi connectivity index (χ0v) is 9.73. The first-order valence-corrected chi connectivity index (χ1v) is 5.81. The Labute approximate surface area is 93.1 Å². The highest BCUT2D eigenvalue weighted by Gasteiger charge is 2.12. The van der Waals surface area contributed by atoms with Gasteiger partial charge in [0, 0.05) is 17.4 Å². The molecular weight excluding hydrogens is 212 g/mol. The number of aryl methyl sites for hydroxylation is 1. The number of ketones is 1. The molecule has 4 heteroatoms. The second kappa shape index (κ2) is 5.66. The number of Topliss-reactive ketones (excluding diaryl/α,β-unsaturated/α-hetero) is 1. The highest BCUT2D eigenvalue weighted by atomic mass is 32.1. The lowest BCUT2D eigenvalue weighted by molar-refractivity contribution is -0.143. The molecular formula is C11H14O3S. The molecule has 0 aliphatic heterocycles. The molecule has 3 nitrogen and oxygen atoms in total. The molecule has 1 aromatic rings. The normalized spacial score (nSPS) is 10.0. The monoisotopic (exact) mass is 226 g/mol. The topological polar surface area (TPSA) is 43.4 Å². The second-order valence-corrected chi connectivity index (χ2v) is 3.94. The van der Waals surface area contributed by atoms with E-state index in [0.717, 1.165) is 11.1 Å². The Morgan fingerprint density at radius 3 is 2.60 bits per heavy atom. The van der Waals surface area contributed by atoms with Crippen LogP contribution >= 0.6 is 11.3 Å². The van der Waals surface area contributed by atoms with Gasteiger partial charge in [0.1, 0.15) is 0 Å². The standard InChI is InChI=1S/C11H14O3S/c1-3-14-11(13)5-4-10(12)9-7-15-6-8(9)2/h6-7H,3-5H2,1-2H3. The maximum absolute atomic E-state index is 11.6. The van der Waals surface area contributed by atoms with Crippen LogP contribution in [0.25, 0.3) is 0 Å². The van der Waals surface area contributed by atoms with Crippen molar-refractivity contribution in [2.75, 3.05) is 6.61 Å². The molecule has 0 unspecified atom stereocenters. The van der Waals surface area contributed by atoms with E-state index >= 15 is 0 Å². The highest BCUT2D eigenvalue weighted by molar-refractivity contribution is 7.08. The van der Waals surface area contributed by atoms with Gasteiger partial charge in [-0.05, 0) is 24.8 Å². The molecule has 0 spiro atoms.